The standard InChI is InChI=1S/C17H12FN3O3/c1-22-12-3-2-4-13-16(12)19-14(23-13)9-15-20-21-17(24-15)10-5-7-11(18)8-6-10/h2-8H,9H2,1H3. The number of ether oxygens (including phenoxy) is 1. The normalized spacial score (nSPS) is 11.1. The quantitative estimate of drug-likeness (QED) is 0.570. The van der Waals surface area contributed by atoms with Crippen LogP contribution in [0.1, 0.15) is 11.8 Å². The maximum Gasteiger partial charge on any atom is 0.247 e. The number of hydrogen-bond acceptors (Lipinski definition) is 6. The highest BCUT2D eigenvalue weighted by atomic mass is 19.1. The minimum atomic E-state index is -0.320. The molecule has 0 amide bonds. The van der Waals surface area contributed by atoms with Crippen LogP contribution < -0.4 is 4.74 Å². The number of hydrogen-bond donors (Lipinski definition) is 0. The van der Waals surface area contributed by atoms with Gasteiger partial charge in [0.1, 0.15) is 18.0 Å². The molecule has 4 aromatic rings. The van der Waals surface area contributed by atoms with Gasteiger partial charge in [-0.2, -0.15) is 0 Å². The molecule has 0 unspecified atom stereocenters. The van der Waals surface area contributed by atoms with Gasteiger partial charge in [0.25, 0.3) is 0 Å². The van der Waals surface area contributed by atoms with Crippen molar-refractivity contribution >= 4 is 11.1 Å². The Hall–Kier alpha value is -3.22. The predicted octanol–water partition coefficient (Wildman–Crippen LogP) is 3.62. The van der Waals surface area contributed by atoms with Crippen molar-refractivity contribution in [1.29, 1.82) is 0 Å². The summed E-state index contributed by atoms with van der Waals surface area (Å²) < 4.78 is 29.5. The lowest BCUT2D eigenvalue weighted by atomic mass is 10.2. The van der Waals surface area contributed by atoms with Crippen molar-refractivity contribution in [2.75, 3.05) is 7.11 Å². The van der Waals surface area contributed by atoms with Crippen molar-refractivity contribution in [3.63, 3.8) is 0 Å². The second-order valence-electron chi connectivity index (χ2n) is 5.10. The molecule has 0 fully saturated rings. The molecule has 6 nitrogen and oxygen atoms in total. The van der Waals surface area contributed by atoms with Crippen LogP contribution in [0.5, 0.6) is 5.75 Å². The number of aromatic nitrogens is 3. The van der Waals surface area contributed by atoms with Crippen LogP contribution in [0.15, 0.2) is 51.3 Å². The van der Waals surface area contributed by atoms with E-state index in [1.165, 1.54) is 12.1 Å². The smallest absolute Gasteiger partial charge is 0.247 e. The third-order valence-electron chi connectivity index (χ3n) is 3.51. The van der Waals surface area contributed by atoms with E-state index >= 15 is 0 Å². The van der Waals surface area contributed by atoms with Crippen LogP contribution in [0.2, 0.25) is 0 Å². The Balaban J connectivity index is 1.61. The first-order chi connectivity index (χ1) is 11.7. The molecule has 0 bridgehead atoms. The van der Waals surface area contributed by atoms with Crippen LogP contribution in [0.3, 0.4) is 0 Å². The Morgan fingerprint density at radius 3 is 2.62 bits per heavy atom. The van der Waals surface area contributed by atoms with E-state index in [9.17, 15) is 4.39 Å². The molecule has 2 aromatic carbocycles. The third kappa shape index (κ3) is 2.60. The van der Waals surface area contributed by atoms with Crippen LogP contribution in [0, 0.1) is 5.82 Å². The van der Waals surface area contributed by atoms with Crippen molar-refractivity contribution in [2.45, 2.75) is 6.42 Å². The molecular weight excluding hydrogens is 313 g/mol. The Bertz CT molecular complexity index is 992. The highest BCUT2D eigenvalue weighted by molar-refractivity contribution is 5.79. The van der Waals surface area contributed by atoms with Gasteiger partial charge in [0.15, 0.2) is 11.1 Å². The first-order valence-electron chi connectivity index (χ1n) is 7.23. The molecule has 120 valence electrons. The van der Waals surface area contributed by atoms with Crippen LogP contribution >= 0.6 is 0 Å². The SMILES string of the molecule is COc1cccc2oc(Cc3nnc(-c4ccc(F)cc4)o3)nc12. The number of benzene rings is 2. The van der Waals surface area contributed by atoms with Crippen molar-refractivity contribution in [3.8, 4) is 17.2 Å². The molecule has 2 aromatic heterocycles. The Morgan fingerprint density at radius 1 is 1.00 bits per heavy atom. The minimum Gasteiger partial charge on any atom is -0.494 e. The summed E-state index contributed by atoms with van der Waals surface area (Å²) in [4.78, 5) is 4.40. The van der Waals surface area contributed by atoms with Gasteiger partial charge in [0.05, 0.1) is 7.11 Å². The second-order valence-corrected chi connectivity index (χ2v) is 5.10. The maximum absolute atomic E-state index is 13.0. The number of fused-ring (bicyclic) bond motifs is 1. The van der Waals surface area contributed by atoms with Gasteiger partial charge in [0, 0.05) is 5.56 Å². The molecule has 0 aliphatic heterocycles. The largest absolute Gasteiger partial charge is 0.494 e. The average Bonchev–Trinajstić information content (AvgIpc) is 3.22. The Morgan fingerprint density at radius 2 is 1.83 bits per heavy atom. The van der Waals surface area contributed by atoms with Crippen LogP contribution in [-0.2, 0) is 6.42 Å². The van der Waals surface area contributed by atoms with Gasteiger partial charge >= 0.3 is 0 Å². The summed E-state index contributed by atoms with van der Waals surface area (Å²) in [6.07, 6.45) is 0.256. The van der Waals surface area contributed by atoms with E-state index < -0.39 is 0 Å². The van der Waals surface area contributed by atoms with Gasteiger partial charge in [-0.05, 0) is 36.4 Å². The molecule has 24 heavy (non-hydrogen) atoms. The van der Waals surface area contributed by atoms with E-state index in [1.807, 2.05) is 18.2 Å². The number of methoxy groups -OCH3 is 1. The zero-order valence-corrected chi connectivity index (χ0v) is 12.7. The number of oxazole rings is 1. The van der Waals surface area contributed by atoms with Crippen LogP contribution in [-0.4, -0.2) is 22.3 Å². The first kappa shape index (κ1) is 14.4. The molecule has 0 saturated carbocycles. The monoisotopic (exact) mass is 325 g/mol. The van der Waals surface area contributed by atoms with Crippen LogP contribution in [0.4, 0.5) is 4.39 Å². The summed E-state index contributed by atoms with van der Waals surface area (Å²) in [7, 11) is 1.58. The summed E-state index contributed by atoms with van der Waals surface area (Å²) in [6, 6.07) is 11.3. The summed E-state index contributed by atoms with van der Waals surface area (Å²) in [5, 5.41) is 7.95. The summed E-state index contributed by atoms with van der Waals surface area (Å²) >= 11 is 0. The van der Waals surface area contributed by atoms with E-state index in [0.29, 0.717) is 40.1 Å². The van der Waals surface area contributed by atoms with E-state index in [-0.39, 0.29) is 12.2 Å². The van der Waals surface area contributed by atoms with Gasteiger partial charge in [-0.25, -0.2) is 9.37 Å². The molecule has 2 heterocycles. The highest BCUT2D eigenvalue weighted by Crippen LogP contribution is 2.26. The lowest BCUT2D eigenvalue weighted by Gasteiger charge is -1.96. The number of halogens is 1. The third-order valence-corrected chi connectivity index (χ3v) is 3.51. The van der Waals surface area contributed by atoms with Gasteiger partial charge in [-0.1, -0.05) is 6.07 Å². The molecule has 7 heteroatoms. The lowest BCUT2D eigenvalue weighted by Crippen LogP contribution is -1.88. The molecule has 0 radical (unpaired) electrons. The number of para-hydroxylation sites is 1. The highest BCUT2D eigenvalue weighted by Gasteiger charge is 2.15. The van der Waals surface area contributed by atoms with Crippen molar-refractivity contribution < 1.29 is 18.0 Å². The lowest BCUT2D eigenvalue weighted by molar-refractivity contribution is 0.419. The maximum atomic E-state index is 13.0. The first-order valence-corrected chi connectivity index (χ1v) is 7.23. The Labute approximate surface area is 135 Å². The van der Waals surface area contributed by atoms with E-state index in [0.717, 1.165) is 0 Å². The van der Waals surface area contributed by atoms with Gasteiger partial charge in [0.2, 0.25) is 17.7 Å². The molecule has 0 atom stereocenters. The summed E-state index contributed by atoms with van der Waals surface area (Å²) in [5.41, 5.74) is 1.92. The van der Waals surface area contributed by atoms with E-state index in [1.54, 1.807) is 19.2 Å². The van der Waals surface area contributed by atoms with E-state index in [2.05, 4.69) is 15.2 Å². The van der Waals surface area contributed by atoms with Crippen molar-refractivity contribution in [1.82, 2.24) is 15.2 Å². The fourth-order valence-corrected chi connectivity index (χ4v) is 2.37. The number of nitrogens with zero attached hydrogens (tertiary/aromatic N) is 3. The fraction of sp³-hybridized carbons (Fsp3) is 0.118. The van der Waals surface area contributed by atoms with Crippen LogP contribution in [0.25, 0.3) is 22.6 Å². The van der Waals surface area contributed by atoms with Crippen molar-refractivity contribution in [3.05, 3.63) is 60.1 Å². The zero-order valence-electron chi connectivity index (χ0n) is 12.7. The van der Waals surface area contributed by atoms with Gasteiger partial charge in [-0.3, -0.25) is 0 Å². The van der Waals surface area contributed by atoms with E-state index in [4.69, 9.17) is 13.6 Å². The van der Waals surface area contributed by atoms with Crippen molar-refractivity contribution in [2.24, 2.45) is 0 Å². The summed E-state index contributed by atoms with van der Waals surface area (Å²) in [5.74, 6) is 1.45. The molecule has 0 N–H and O–H groups in total. The number of rotatable bonds is 4. The van der Waals surface area contributed by atoms with Gasteiger partial charge < -0.3 is 13.6 Å². The molecular formula is C17H12FN3O3. The summed E-state index contributed by atoms with van der Waals surface area (Å²) in [6.45, 7) is 0. The molecule has 0 spiro atoms. The molecule has 0 saturated heterocycles. The fourth-order valence-electron chi connectivity index (χ4n) is 2.37. The minimum absolute atomic E-state index is 0.256. The average molecular weight is 325 g/mol. The molecule has 0 aliphatic rings. The topological polar surface area (TPSA) is 74.2 Å². The predicted molar refractivity (Wildman–Crippen MR) is 83.1 cm³/mol. The Kier molecular flexibility index (Phi) is 3.45. The zero-order chi connectivity index (χ0) is 16.5. The molecule has 4 rings (SSSR count). The van der Waals surface area contributed by atoms with Gasteiger partial charge in [-0.15, -0.1) is 10.2 Å². The second kappa shape index (κ2) is 5.77. The molecule has 0 aliphatic carbocycles.